The van der Waals surface area contributed by atoms with Crippen molar-refractivity contribution in [2.75, 3.05) is 25.1 Å². The summed E-state index contributed by atoms with van der Waals surface area (Å²) in [5.41, 5.74) is 2.10. The van der Waals surface area contributed by atoms with Crippen molar-refractivity contribution in [3.63, 3.8) is 0 Å². The van der Waals surface area contributed by atoms with Gasteiger partial charge < -0.3 is 14.8 Å². The minimum atomic E-state index is -0.224. The molecule has 2 aliphatic rings. The van der Waals surface area contributed by atoms with Crippen molar-refractivity contribution < 1.29 is 9.47 Å². The van der Waals surface area contributed by atoms with Crippen molar-refractivity contribution >= 4 is 22.6 Å². The molecule has 0 bridgehead atoms. The lowest BCUT2D eigenvalue weighted by atomic mass is 10.1. The van der Waals surface area contributed by atoms with Gasteiger partial charge in [-0.1, -0.05) is 37.7 Å². The van der Waals surface area contributed by atoms with Gasteiger partial charge in [0, 0.05) is 16.5 Å². The fourth-order valence-corrected chi connectivity index (χ4v) is 3.84. The molecule has 1 unspecified atom stereocenters. The van der Waals surface area contributed by atoms with Crippen LogP contribution in [0.5, 0.6) is 0 Å². The molecule has 0 spiro atoms. The number of anilines is 1. The van der Waals surface area contributed by atoms with Crippen molar-refractivity contribution in [3.05, 3.63) is 29.8 Å². The molecule has 0 amide bonds. The number of aliphatic imine (C=N–C) groups is 1. The van der Waals surface area contributed by atoms with Crippen molar-refractivity contribution in [2.45, 2.75) is 31.8 Å². The number of hydrogen-bond acceptors (Lipinski definition) is 5. The summed E-state index contributed by atoms with van der Waals surface area (Å²) in [6.07, 6.45) is 0.988. The Kier molecular flexibility index (Phi) is 4.83. The molecule has 2 heterocycles. The van der Waals surface area contributed by atoms with Crippen LogP contribution in [0.3, 0.4) is 0 Å². The minimum absolute atomic E-state index is 0.224. The van der Waals surface area contributed by atoms with Gasteiger partial charge in [-0.25, -0.2) is 0 Å². The highest BCUT2D eigenvalue weighted by Crippen LogP contribution is 2.29. The SMILES string of the molecule is CC(C)CC1CN=C(Nc2cccc(C3OCCO3)c2)S1. The largest absolute Gasteiger partial charge is 0.346 e. The summed E-state index contributed by atoms with van der Waals surface area (Å²) in [6.45, 7) is 6.78. The summed E-state index contributed by atoms with van der Waals surface area (Å²) in [5, 5.41) is 5.04. The molecular formula is C16H22N2O2S. The first-order valence-corrected chi connectivity index (χ1v) is 8.40. The number of ether oxygens (including phenoxy) is 2. The fraction of sp³-hybridized carbons (Fsp3) is 0.562. The van der Waals surface area contributed by atoms with E-state index >= 15 is 0 Å². The number of amidine groups is 1. The summed E-state index contributed by atoms with van der Waals surface area (Å²) in [5.74, 6) is 0.719. The zero-order valence-corrected chi connectivity index (χ0v) is 13.4. The lowest BCUT2D eigenvalue weighted by molar-refractivity contribution is -0.0440. The number of benzene rings is 1. The zero-order chi connectivity index (χ0) is 14.7. The Balaban J connectivity index is 1.59. The second kappa shape index (κ2) is 6.81. The normalized spacial score (nSPS) is 22.8. The van der Waals surface area contributed by atoms with Gasteiger partial charge in [0.25, 0.3) is 0 Å². The predicted octanol–water partition coefficient (Wildman–Crippen LogP) is 3.66. The molecule has 0 radical (unpaired) electrons. The summed E-state index contributed by atoms with van der Waals surface area (Å²) in [7, 11) is 0. The number of nitrogens with one attached hydrogen (secondary N) is 1. The van der Waals surface area contributed by atoms with E-state index < -0.39 is 0 Å². The Labute approximate surface area is 130 Å². The predicted molar refractivity (Wildman–Crippen MR) is 87.8 cm³/mol. The third-order valence-corrected chi connectivity index (χ3v) is 4.61. The molecule has 1 saturated heterocycles. The standard InChI is InChI=1S/C16H22N2O2S/c1-11(2)8-14-10-17-16(21-14)18-13-5-3-4-12(9-13)15-19-6-7-20-15/h3-5,9,11,14-15H,6-8,10H2,1-2H3,(H,17,18). The van der Waals surface area contributed by atoms with Gasteiger partial charge in [0.15, 0.2) is 11.5 Å². The molecule has 1 aromatic rings. The van der Waals surface area contributed by atoms with Crippen molar-refractivity contribution in [2.24, 2.45) is 10.9 Å². The summed E-state index contributed by atoms with van der Waals surface area (Å²) in [6, 6.07) is 8.19. The van der Waals surface area contributed by atoms with Gasteiger partial charge in [-0.3, -0.25) is 4.99 Å². The molecule has 0 saturated carbocycles. The lowest BCUT2D eigenvalue weighted by Gasteiger charge is -2.13. The fourth-order valence-electron chi connectivity index (χ4n) is 2.57. The molecule has 0 aromatic heterocycles. The molecule has 5 heteroatoms. The molecule has 2 aliphatic heterocycles. The Morgan fingerprint density at radius 2 is 2.14 bits per heavy atom. The minimum Gasteiger partial charge on any atom is -0.346 e. The van der Waals surface area contributed by atoms with Crippen LogP contribution in [0.1, 0.15) is 32.1 Å². The van der Waals surface area contributed by atoms with E-state index in [2.05, 4.69) is 36.3 Å². The summed E-state index contributed by atoms with van der Waals surface area (Å²) < 4.78 is 11.1. The number of hydrogen-bond donors (Lipinski definition) is 1. The van der Waals surface area contributed by atoms with Crippen LogP contribution in [0.15, 0.2) is 29.3 Å². The van der Waals surface area contributed by atoms with Gasteiger partial charge >= 0.3 is 0 Å². The van der Waals surface area contributed by atoms with Gasteiger partial charge in [-0.05, 0) is 24.5 Å². The van der Waals surface area contributed by atoms with Crippen LogP contribution >= 0.6 is 11.8 Å². The highest BCUT2D eigenvalue weighted by molar-refractivity contribution is 8.15. The zero-order valence-electron chi connectivity index (χ0n) is 12.5. The second-order valence-corrected chi connectivity index (χ2v) is 7.13. The van der Waals surface area contributed by atoms with E-state index in [4.69, 9.17) is 9.47 Å². The molecule has 1 fully saturated rings. The van der Waals surface area contributed by atoms with Crippen LogP contribution in [-0.4, -0.2) is 30.2 Å². The molecule has 0 aliphatic carbocycles. The van der Waals surface area contributed by atoms with Gasteiger partial charge in [-0.15, -0.1) is 0 Å². The van der Waals surface area contributed by atoms with Crippen LogP contribution in [0.4, 0.5) is 5.69 Å². The average Bonchev–Trinajstić information content (AvgIpc) is 3.10. The molecule has 1 aromatic carbocycles. The quantitative estimate of drug-likeness (QED) is 0.922. The van der Waals surface area contributed by atoms with Crippen LogP contribution < -0.4 is 5.32 Å². The van der Waals surface area contributed by atoms with E-state index in [1.165, 1.54) is 6.42 Å². The second-order valence-electron chi connectivity index (χ2n) is 5.84. The first kappa shape index (κ1) is 14.9. The average molecular weight is 306 g/mol. The Bertz CT molecular complexity index is 513. The van der Waals surface area contributed by atoms with Crippen molar-refractivity contribution in [1.82, 2.24) is 0 Å². The van der Waals surface area contributed by atoms with E-state index in [1.54, 1.807) is 0 Å². The van der Waals surface area contributed by atoms with Gasteiger partial charge in [0.05, 0.1) is 19.8 Å². The molecule has 21 heavy (non-hydrogen) atoms. The van der Waals surface area contributed by atoms with E-state index in [0.29, 0.717) is 18.5 Å². The Morgan fingerprint density at radius 3 is 2.90 bits per heavy atom. The summed E-state index contributed by atoms with van der Waals surface area (Å²) >= 11 is 1.85. The van der Waals surface area contributed by atoms with E-state index in [9.17, 15) is 0 Å². The van der Waals surface area contributed by atoms with Crippen LogP contribution in [0, 0.1) is 5.92 Å². The monoisotopic (exact) mass is 306 g/mol. The molecule has 114 valence electrons. The number of nitrogens with zero attached hydrogens (tertiary/aromatic N) is 1. The molecular weight excluding hydrogens is 284 g/mol. The van der Waals surface area contributed by atoms with Crippen molar-refractivity contribution in [3.8, 4) is 0 Å². The first-order chi connectivity index (χ1) is 10.2. The topological polar surface area (TPSA) is 42.9 Å². The third-order valence-electron chi connectivity index (χ3n) is 3.48. The maximum atomic E-state index is 5.54. The molecule has 1 N–H and O–H groups in total. The van der Waals surface area contributed by atoms with Crippen molar-refractivity contribution in [1.29, 1.82) is 0 Å². The maximum absolute atomic E-state index is 5.54. The highest BCUT2D eigenvalue weighted by atomic mass is 32.2. The molecule has 1 atom stereocenters. The lowest BCUT2D eigenvalue weighted by Crippen LogP contribution is -2.10. The smallest absolute Gasteiger partial charge is 0.184 e. The first-order valence-electron chi connectivity index (χ1n) is 7.52. The van der Waals surface area contributed by atoms with Gasteiger partial charge in [-0.2, -0.15) is 0 Å². The van der Waals surface area contributed by atoms with Crippen LogP contribution in [0.25, 0.3) is 0 Å². The Morgan fingerprint density at radius 1 is 1.33 bits per heavy atom. The molecule has 3 rings (SSSR count). The van der Waals surface area contributed by atoms with E-state index in [-0.39, 0.29) is 6.29 Å². The van der Waals surface area contributed by atoms with Gasteiger partial charge in [0.1, 0.15) is 0 Å². The number of thioether (sulfide) groups is 1. The van der Waals surface area contributed by atoms with Crippen LogP contribution in [0.2, 0.25) is 0 Å². The van der Waals surface area contributed by atoms with Gasteiger partial charge in [0.2, 0.25) is 0 Å². The number of rotatable bonds is 4. The van der Waals surface area contributed by atoms with E-state index in [1.807, 2.05) is 23.9 Å². The third kappa shape index (κ3) is 3.99. The highest BCUT2D eigenvalue weighted by Gasteiger charge is 2.21. The van der Waals surface area contributed by atoms with Crippen LogP contribution in [-0.2, 0) is 9.47 Å². The Hall–Kier alpha value is -1.04. The summed E-state index contributed by atoms with van der Waals surface area (Å²) in [4.78, 5) is 4.60. The maximum Gasteiger partial charge on any atom is 0.184 e. The van der Waals surface area contributed by atoms with E-state index in [0.717, 1.165) is 28.9 Å². The molecule has 4 nitrogen and oxygen atoms in total.